The van der Waals surface area contributed by atoms with E-state index in [4.69, 9.17) is 5.73 Å². The number of aromatic nitrogens is 2. The molecule has 1 amide bonds. The Morgan fingerprint density at radius 2 is 1.87 bits per heavy atom. The van der Waals surface area contributed by atoms with Gasteiger partial charge in [0.15, 0.2) is 0 Å². The van der Waals surface area contributed by atoms with Crippen LogP contribution in [0.3, 0.4) is 0 Å². The fourth-order valence-electron chi connectivity index (χ4n) is 3.60. The molecule has 7 heteroatoms. The molecule has 4 rings (SSSR count). The Morgan fingerprint density at radius 1 is 1.26 bits per heavy atom. The fraction of sp³-hybridized carbons (Fsp3) is 0.688. The van der Waals surface area contributed by atoms with Crippen molar-refractivity contribution in [2.24, 2.45) is 5.73 Å². The van der Waals surface area contributed by atoms with Crippen molar-refractivity contribution in [2.75, 3.05) is 10.6 Å². The molecule has 126 valence electrons. The number of anilines is 2. The first-order valence-electron chi connectivity index (χ1n) is 8.25. The van der Waals surface area contributed by atoms with Crippen molar-refractivity contribution in [3.63, 3.8) is 0 Å². The molecule has 0 aromatic carbocycles. The van der Waals surface area contributed by atoms with Gasteiger partial charge in [-0.3, -0.25) is 4.79 Å². The number of fused-ring (bicyclic) bond motifs is 3. The second kappa shape index (κ2) is 5.63. The number of nitrogens with zero attached hydrogens (tertiary/aromatic N) is 2. The van der Waals surface area contributed by atoms with Crippen LogP contribution in [-0.4, -0.2) is 38.2 Å². The van der Waals surface area contributed by atoms with Crippen molar-refractivity contribution in [1.82, 2.24) is 9.97 Å². The molecular formula is C16H25N5O2. The summed E-state index contributed by atoms with van der Waals surface area (Å²) >= 11 is 0. The number of hydrogen-bond acceptors (Lipinski definition) is 6. The minimum Gasteiger partial charge on any atom is -0.390 e. The second-order valence-electron chi connectivity index (χ2n) is 7.25. The van der Waals surface area contributed by atoms with E-state index in [9.17, 15) is 9.90 Å². The molecule has 0 saturated heterocycles. The Labute approximate surface area is 136 Å². The highest BCUT2D eigenvalue weighted by Gasteiger charge is 2.48. The van der Waals surface area contributed by atoms with E-state index in [1.807, 2.05) is 13.8 Å². The zero-order valence-corrected chi connectivity index (χ0v) is 13.7. The summed E-state index contributed by atoms with van der Waals surface area (Å²) in [6, 6.07) is 0.133. The summed E-state index contributed by atoms with van der Waals surface area (Å²) in [6.07, 6.45) is 6.66. The normalized spacial score (nSPS) is 29.6. The average Bonchev–Trinajstić information content (AvgIpc) is 2.48. The zero-order valence-electron chi connectivity index (χ0n) is 13.7. The van der Waals surface area contributed by atoms with E-state index in [1.54, 1.807) is 0 Å². The first-order valence-corrected chi connectivity index (χ1v) is 8.25. The van der Waals surface area contributed by atoms with Crippen molar-refractivity contribution in [3.8, 4) is 0 Å². The highest BCUT2D eigenvalue weighted by Crippen LogP contribution is 2.47. The van der Waals surface area contributed by atoms with E-state index in [1.165, 1.54) is 6.20 Å². The van der Waals surface area contributed by atoms with Crippen molar-refractivity contribution in [1.29, 1.82) is 0 Å². The minimum atomic E-state index is -0.543. The maximum absolute atomic E-state index is 11.5. The standard InChI is InChI=1S/C16H25N5O2/c1-10(2)19-13-11(12(17)22)9-18-14(20-13)21-15-3-6-16(23,7-4-15)8-5-15/h9-10,23H,3-8H2,1-2H3,(H2,17,22)(H2,18,19,20,21). The van der Waals surface area contributed by atoms with Gasteiger partial charge in [-0.15, -0.1) is 0 Å². The third kappa shape index (κ3) is 3.24. The quantitative estimate of drug-likeness (QED) is 0.656. The Hall–Kier alpha value is -1.89. The van der Waals surface area contributed by atoms with Crippen LogP contribution < -0.4 is 16.4 Å². The first kappa shape index (κ1) is 16.0. The molecule has 1 heterocycles. The highest BCUT2D eigenvalue weighted by atomic mass is 16.3. The van der Waals surface area contributed by atoms with Crippen molar-refractivity contribution in [2.45, 2.75) is 69.6 Å². The van der Waals surface area contributed by atoms with Crippen LogP contribution in [0.1, 0.15) is 62.7 Å². The largest absolute Gasteiger partial charge is 0.390 e. The number of nitrogens with one attached hydrogen (secondary N) is 2. The van der Waals surface area contributed by atoms with Gasteiger partial charge in [-0.1, -0.05) is 0 Å². The number of amides is 1. The monoisotopic (exact) mass is 319 g/mol. The van der Waals surface area contributed by atoms with Gasteiger partial charge in [0.25, 0.3) is 5.91 Å². The van der Waals surface area contributed by atoms with Crippen molar-refractivity contribution >= 4 is 17.7 Å². The molecule has 0 aliphatic heterocycles. The SMILES string of the molecule is CC(C)Nc1nc(NC23CCC(O)(CC2)CC3)ncc1C(N)=O. The van der Waals surface area contributed by atoms with Gasteiger partial charge in [-0.25, -0.2) is 4.98 Å². The Balaban J connectivity index is 1.82. The van der Waals surface area contributed by atoms with Gasteiger partial charge in [-0.05, 0) is 52.4 Å². The number of carbonyl (C=O) groups excluding carboxylic acids is 1. The lowest BCUT2D eigenvalue weighted by Crippen LogP contribution is -2.54. The van der Waals surface area contributed by atoms with Crippen LogP contribution in [0.5, 0.6) is 0 Å². The molecule has 3 saturated carbocycles. The lowest BCUT2D eigenvalue weighted by molar-refractivity contribution is -0.0581. The van der Waals surface area contributed by atoms with Gasteiger partial charge in [0.1, 0.15) is 5.82 Å². The molecule has 3 aliphatic carbocycles. The molecule has 0 atom stereocenters. The number of hydrogen-bond donors (Lipinski definition) is 4. The van der Waals surface area contributed by atoms with Crippen LogP contribution in [-0.2, 0) is 0 Å². The number of rotatable bonds is 5. The summed E-state index contributed by atoms with van der Waals surface area (Å²) in [7, 11) is 0. The van der Waals surface area contributed by atoms with Crippen molar-refractivity contribution < 1.29 is 9.90 Å². The summed E-state index contributed by atoms with van der Waals surface area (Å²) in [4.78, 5) is 20.2. The molecule has 7 nitrogen and oxygen atoms in total. The number of carbonyl (C=O) groups is 1. The summed E-state index contributed by atoms with van der Waals surface area (Å²) in [5.74, 6) is 0.424. The van der Waals surface area contributed by atoms with E-state index in [2.05, 4.69) is 20.6 Å². The van der Waals surface area contributed by atoms with Crippen molar-refractivity contribution in [3.05, 3.63) is 11.8 Å². The molecule has 3 aliphatic rings. The van der Waals surface area contributed by atoms with Gasteiger partial charge >= 0.3 is 0 Å². The Bertz CT molecular complexity index is 592. The van der Waals surface area contributed by atoms with E-state index in [-0.39, 0.29) is 11.6 Å². The number of aliphatic hydroxyl groups is 1. The van der Waals surface area contributed by atoms with E-state index in [0.717, 1.165) is 38.5 Å². The Kier molecular flexibility index (Phi) is 3.91. The number of nitrogens with two attached hydrogens (primary N) is 1. The van der Waals surface area contributed by atoms with Gasteiger partial charge in [0.05, 0.1) is 11.2 Å². The lowest BCUT2D eigenvalue weighted by Gasteiger charge is -2.51. The minimum absolute atomic E-state index is 0.0478. The van der Waals surface area contributed by atoms with Crippen LogP contribution in [0.15, 0.2) is 6.20 Å². The third-order valence-electron chi connectivity index (χ3n) is 5.06. The van der Waals surface area contributed by atoms with Gasteiger partial charge in [0, 0.05) is 17.8 Å². The second-order valence-corrected chi connectivity index (χ2v) is 7.25. The van der Waals surface area contributed by atoms with Crippen LogP contribution in [0.25, 0.3) is 0 Å². The maximum Gasteiger partial charge on any atom is 0.254 e. The molecule has 2 bridgehead atoms. The van der Waals surface area contributed by atoms with E-state index >= 15 is 0 Å². The van der Waals surface area contributed by atoms with Gasteiger partial charge in [-0.2, -0.15) is 4.98 Å². The predicted octanol–water partition coefficient (Wildman–Crippen LogP) is 1.65. The van der Waals surface area contributed by atoms with Crippen LogP contribution in [0, 0.1) is 0 Å². The predicted molar refractivity (Wildman–Crippen MR) is 88.3 cm³/mol. The topological polar surface area (TPSA) is 113 Å². The molecule has 1 aromatic heterocycles. The maximum atomic E-state index is 11.5. The molecular weight excluding hydrogens is 294 g/mol. The smallest absolute Gasteiger partial charge is 0.254 e. The summed E-state index contributed by atoms with van der Waals surface area (Å²) in [5.41, 5.74) is 5.17. The zero-order chi connectivity index (χ0) is 16.7. The van der Waals surface area contributed by atoms with E-state index < -0.39 is 11.5 Å². The van der Waals surface area contributed by atoms with Crippen LogP contribution in [0.4, 0.5) is 11.8 Å². The summed E-state index contributed by atoms with van der Waals surface area (Å²) < 4.78 is 0. The van der Waals surface area contributed by atoms with Gasteiger partial charge < -0.3 is 21.5 Å². The van der Waals surface area contributed by atoms with E-state index in [0.29, 0.717) is 17.3 Å². The average molecular weight is 319 g/mol. The molecule has 0 radical (unpaired) electrons. The fourth-order valence-corrected chi connectivity index (χ4v) is 3.60. The summed E-state index contributed by atoms with van der Waals surface area (Å²) in [5, 5.41) is 16.9. The molecule has 3 fully saturated rings. The molecule has 5 N–H and O–H groups in total. The lowest BCUT2D eigenvalue weighted by atomic mass is 9.63. The Morgan fingerprint density at radius 3 is 2.39 bits per heavy atom. The third-order valence-corrected chi connectivity index (χ3v) is 5.06. The molecule has 0 unspecified atom stereocenters. The molecule has 1 aromatic rings. The first-order chi connectivity index (χ1) is 10.8. The number of primary amides is 1. The van der Waals surface area contributed by atoms with Crippen LogP contribution >= 0.6 is 0 Å². The van der Waals surface area contributed by atoms with Gasteiger partial charge in [0.2, 0.25) is 5.95 Å². The summed E-state index contributed by atoms with van der Waals surface area (Å²) in [6.45, 7) is 3.95. The van der Waals surface area contributed by atoms with Crippen LogP contribution in [0.2, 0.25) is 0 Å². The highest BCUT2D eigenvalue weighted by molar-refractivity contribution is 5.97. The molecule has 23 heavy (non-hydrogen) atoms. The molecule has 0 spiro atoms.